The van der Waals surface area contributed by atoms with Gasteiger partial charge in [0, 0.05) is 16.5 Å². The van der Waals surface area contributed by atoms with Crippen molar-refractivity contribution in [2.24, 2.45) is 0 Å². The van der Waals surface area contributed by atoms with E-state index in [2.05, 4.69) is 0 Å². The van der Waals surface area contributed by atoms with Crippen LogP contribution in [0, 0.1) is 15.3 Å². The molecule has 0 aliphatic heterocycles. The number of hydrogen-bond donors (Lipinski definition) is 0. The van der Waals surface area contributed by atoms with Crippen molar-refractivity contribution in [3.05, 3.63) is 15.3 Å². The quantitative estimate of drug-likeness (QED) is 0.229. The van der Waals surface area contributed by atoms with Crippen LogP contribution >= 0.6 is 0 Å². The summed E-state index contributed by atoms with van der Waals surface area (Å²) in [6.45, 7) is 0. The molecular weight excluding hydrogens is 233 g/mol. The second-order valence-electron chi connectivity index (χ2n) is 0.224. The monoisotopic (exact) mass is 246 g/mol. The van der Waals surface area contributed by atoms with Crippen LogP contribution in [0.3, 0.4) is 0 Å². The second-order valence-corrected chi connectivity index (χ2v) is 0.224. The van der Waals surface area contributed by atoms with Crippen LogP contribution in [0.4, 0.5) is 0 Å². The standard InChI is InChI=1S/NO3.Ni.7H2O/c2-1(3)4;;;;;;;;/h;;7*1H2/q-1;;;;;;;;. The summed E-state index contributed by atoms with van der Waals surface area (Å²) >= 11 is 0. The van der Waals surface area contributed by atoms with Gasteiger partial charge >= 0.3 is 0 Å². The van der Waals surface area contributed by atoms with Gasteiger partial charge in [0.2, 0.25) is 0 Å². The Morgan fingerprint density at radius 3 is 0.667 bits per heavy atom. The van der Waals surface area contributed by atoms with Gasteiger partial charge in [-0.25, -0.2) is 0 Å². The molecule has 12 heavy (non-hydrogen) atoms. The minimum atomic E-state index is -1.75. The molecule has 0 radical (unpaired) electrons. The van der Waals surface area contributed by atoms with Gasteiger partial charge < -0.3 is 53.7 Å². The van der Waals surface area contributed by atoms with Crippen LogP contribution in [0.25, 0.3) is 0 Å². The van der Waals surface area contributed by atoms with Crippen LogP contribution in [-0.2, 0) is 16.5 Å². The summed E-state index contributed by atoms with van der Waals surface area (Å²) in [5, 5.41) is 14.8. The normalized spacial score (nSPS) is 2.00. The Balaban J connectivity index is -0.00000000161. The molecule has 11 nitrogen and oxygen atoms in total. The maximum atomic E-state index is 8.25. The molecule has 0 spiro atoms. The Morgan fingerprint density at radius 2 is 0.667 bits per heavy atom. The van der Waals surface area contributed by atoms with E-state index >= 15 is 0 Å². The van der Waals surface area contributed by atoms with Gasteiger partial charge in [0.25, 0.3) is 0 Å². The first-order valence-corrected chi connectivity index (χ1v) is 0.548. The third-order valence-electron chi connectivity index (χ3n) is 0. The fraction of sp³-hybridized carbons (Fsp3) is 0. The van der Waals surface area contributed by atoms with E-state index in [9.17, 15) is 0 Å². The van der Waals surface area contributed by atoms with Crippen LogP contribution in [0.2, 0.25) is 0 Å². The summed E-state index contributed by atoms with van der Waals surface area (Å²) in [6, 6.07) is 0. The molecule has 0 saturated carbocycles. The van der Waals surface area contributed by atoms with Gasteiger partial charge in [-0.15, -0.1) is 0 Å². The molecular formula is H14NNiO10-. The molecule has 0 aliphatic rings. The average Bonchev–Trinajstić information content (AvgIpc) is 0.811. The Kier molecular flexibility index (Phi) is 2810. The van der Waals surface area contributed by atoms with Crippen molar-refractivity contribution >= 4 is 0 Å². The van der Waals surface area contributed by atoms with Gasteiger partial charge in [-0.3, -0.25) is 0 Å². The van der Waals surface area contributed by atoms with Crippen molar-refractivity contribution in [1.82, 2.24) is 0 Å². The van der Waals surface area contributed by atoms with E-state index in [-0.39, 0.29) is 54.8 Å². The second kappa shape index (κ2) is 158. The number of rotatable bonds is 0. The molecule has 0 aliphatic carbocycles. The molecule has 14 N–H and O–H groups in total. The first-order chi connectivity index (χ1) is 1.73. The van der Waals surface area contributed by atoms with Crippen molar-refractivity contribution in [2.75, 3.05) is 0 Å². The average molecular weight is 247 g/mol. The summed E-state index contributed by atoms with van der Waals surface area (Å²) in [7, 11) is 0. The summed E-state index contributed by atoms with van der Waals surface area (Å²) in [4.78, 5) is 8.25. The van der Waals surface area contributed by atoms with Crippen molar-refractivity contribution in [3.8, 4) is 0 Å². The van der Waals surface area contributed by atoms with E-state index in [0.717, 1.165) is 0 Å². The van der Waals surface area contributed by atoms with E-state index in [0.29, 0.717) is 0 Å². The van der Waals surface area contributed by atoms with Gasteiger partial charge in [-0.1, -0.05) is 0 Å². The van der Waals surface area contributed by atoms with Gasteiger partial charge in [-0.05, 0) is 0 Å². The maximum Gasteiger partial charge on any atom is 0.0689 e. The van der Waals surface area contributed by atoms with Crippen molar-refractivity contribution < 1.29 is 59.9 Å². The Hall–Kier alpha value is -0.586. The summed E-state index contributed by atoms with van der Waals surface area (Å²) in [5.41, 5.74) is 0. The molecule has 0 atom stereocenters. The zero-order valence-electron chi connectivity index (χ0n) is 5.49. The molecule has 0 unspecified atom stereocenters. The van der Waals surface area contributed by atoms with Gasteiger partial charge in [-0.2, -0.15) is 0 Å². The van der Waals surface area contributed by atoms with Crippen LogP contribution in [0.1, 0.15) is 0 Å². The number of nitrogens with zero attached hydrogens (tertiary/aromatic N) is 1. The summed E-state index contributed by atoms with van der Waals surface area (Å²) < 4.78 is 0. The zero-order valence-corrected chi connectivity index (χ0v) is 6.48. The zero-order chi connectivity index (χ0) is 3.58. The third-order valence-corrected chi connectivity index (χ3v) is 0. The Labute approximate surface area is 76.2 Å². The van der Waals surface area contributed by atoms with Crippen LogP contribution in [0.5, 0.6) is 0 Å². The summed E-state index contributed by atoms with van der Waals surface area (Å²) in [5.74, 6) is 0. The van der Waals surface area contributed by atoms with E-state index in [4.69, 9.17) is 15.3 Å². The van der Waals surface area contributed by atoms with Gasteiger partial charge in [0.05, 0.1) is 5.09 Å². The van der Waals surface area contributed by atoms with E-state index in [1.165, 1.54) is 0 Å². The van der Waals surface area contributed by atoms with Crippen LogP contribution < -0.4 is 0 Å². The molecule has 0 heterocycles. The van der Waals surface area contributed by atoms with Crippen molar-refractivity contribution in [3.63, 3.8) is 0 Å². The molecule has 0 aromatic heterocycles. The molecule has 12 heteroatoms. The minimum absolute atomic E-state index is 0. The van der Waals surface area contributed by atoms with Gasteiger partial charge in [0.1, 0.15) is 0 Å². The molecule has 0 bridgehead atoms. The SMILES string of the molecule is O.O.O.O.O.O.O.O=[N+]([O-])[O-].[Ni]. The van der Waals surface area contributed by atoms with Crippen LogP contribution in [-0.4, -0.2) is 43.4 Å². The molecule has 0 fully saturated rings. The predicted molar refractivity (Wildman–Crippen MR) is 35.7 cm³/mol. The smallest absolute Gasteiger partial charge is 0.0689 e. The Morgan fingerprint density at radius 1 is 0.667 bits per heavy atom. The molecule has 0 amide bonds. The van der Waals surface area contributed by atoms with Crippen molar-refractivity contribution in [2.45, 2.75) is 0 Å². The molecule has 0 rings (SSSR count). The fourth-order valence-corrected chi connectivity index (χ4v) is 0. The number of hydrogen-bond acceptors (Lipinski definition) is 3. The first-order valence-electron chi connectivity index (χ1n) is 0.548. The molecule has 0 saturated heterocycles. The molecule has 0 aromatic carbocycles. The topological polar surface area (TPSA) is 287 Å². The third kappa shape index (κ3) is 1940. The minimum Gasteiger partial charge on any atom is -0.412 e. The van der Waals surface area contributed by atoms with E-state index in [1.54, 1.807) is 0 Å². The molecule has 0 aromatic rings. The van der Waals surface area contributed by atoms with E-state index < -0.39 is 5.09 Å². The van der Waals surface area contributed by atoms with E-state index in [1.807, 2.05) is 0 Å². The Bertz CT molecular complexity index is 32.8. The maximum absolute atomic E-state index is 8.25. The van der Waals surface area contributed by atoms with Crippen molar-refractivity contribution in [1.29, 1.82) is 0 Å². The van der Waals surface area contributed by atoms with Gasteiger partial charge in [0.15, 0.2) is 0 Å². The predicted octanol–water partition coefficient (Wildman–Crippen LogP) is -6.01. The summed E-state index contributed by atoms with van der Waals surface area (Å²) in [6.07, 6.45) is 0. The largest absolute Gasteiger partial charge is 0.412 e. The fourth-order valence-electron chi connectivity index (χ4n) is 0. The molecule has 90 valence electrons. The van der Waals surface area contributed by atoms with Crippen LogP contribution in [0.15, 0.2) is 0 Å². The first kappa shape index (κ1) is 212.